The van der Waals surface area contributed by atoms with Gasteiger partial charge >= 0.3 is 82.5 Å². The van der Waals surface area contributed by atoms with Crippen LogP contribution in [-0.2, 0) is 77.8 Å². The molecule has 0 spiro atoms. The number of quaternary nitrogens is 2. The van der Waals surface area contributed by atoms with Crippen LogP contribution in [-0.4, -0.2) is 173 Å². The van der Waals surface area contributed by atoms with Gasteiger partial charge < -0.3 is 67.0 Å². The minimum atomic E-state index is 0. The number of hydrogen-bond donors (Lipinski definition) is 2. The topological polar surface area (TPSA) is 143 Å². The van der Waals surface area contributed by atoms with Crippen molar-refractivity contribution in [1.82, 2.24) is 14.7 Å². The molecule has 0 atom stereocenters. The molecule has 0 unspecified atom stereocenters. The van der Waals surface area contributed by atoms with Crippen LogP contribution in [0.15, 0.2) is 36.4 Å². The molecule has 16 aliphatic rings. The van der Waals surface area contributed by atoms with Gasteiger partial charge in [0.15, 0.2) is 0 Å². The van der Waals surface area contributed by atoms with Crippen LogP contribution in [0.5, 0.6) is 17.2 Å². The Morgan fingerprint density at radius 3 is 0.716 bits per heavy atom. The second-order valence-electron chi connectivity index (χ2n) is 33.0. The maximum absolute atomic E-state index is 14.9. The van der Waals surface area contributed by atoms with Gasteiger partial charge in [-0.2, -0.15) is 0 Å². The average molecular weight is 1580 g/mol. The zero-order valence-electron chi connectivity index (χ0n) is 58.9. The molecule has 0 radical (unpaired) electrons. The van der Waals surface area contributed by atoms with Crippen LogP contribution in [0.2, 0.25) is 0 Å². The van der Waals surface area contributed by atoms with E-state index < -0.39 is 0 Å². The molecule has 0 amide bonds. The molecule has 12 saturated carbocycles. The third-order valence-corrected chi connectivity index (χ3v) is 25.9. The fourth-order valence-electron chi connectivity index (χ4n) is 22.8. The van der Waals surface area contributed by atoms with Crippen LogP contribution in [0.25, 0.3) is 0 Å². The van der Waals surface area contributed by atoms with E-state index in [1.807, 2.05) is 0 Å². The number of aryl methyl sites for hydroxylation is 3. The fraction of sp³-hybridized carbons (Fsp3) is 0.769. The number of nitrogens with one attached hydrogen (secondary N) is 2. The molecule has 4 aliphatic heterocycles. The van der Waals surface area contributed by atoms with Gasteiger partial charge in [0.2, 0.25) is 0 Å². The van der Waals surface area contributed by atoms with Crippen molar-refractivity contribution >= 4 is 13.5 Å². The minimum Gasteiger partial charge on any atom is -2.00 e. The third-order valence-electron chi connectivity index (χ3n) is 25.9. The molecular formula is C78H116KN5O9SU+2. The first-order valence-electron chi connectivity index (χ1n) is 37.5. The summed E-state index contributed by atoms with van der Waals surface area (Å²) in [7, 11) is 0. The smallest absolute Gasteiger partial charge is 2.00 e. The maximum Gasteiger partial charge on any atom is 4.00 e. The van der Waals surface area contributed by atoms with Crippen molar-refractivity contribution in [3.63, 3.8) is 0 Å². The molecule has 4 heterocycles. The molecule has 17 heteroatoms. The van der Waals surface area contributed by atoms with Crippen LogP contribution in [0.3, 0.4) is 0 Å². The summed E-state index contributed by atoms with van der Waals surface area (Å²) < 4.78 is 34.4. The van der Waals surface area contributed by atoms with Crippen LogP contribution < -0.4 is 76.5 Å². The second-order valence-corrected chi connectivity index (χ2v) is 33.0. The third kappa shape index (κ3) is 18.4. The number of rotatable bonds is 9. The van der Waals surface area contributed by atoms with E-state index in [1.54, 1.807) is 0 Å². The molecule has 0 aromatic heterocycles. The van der Waals surface area contributed by atoms with E-state index >= 15 is 0 Å². The van der Waals surface area contributed by atoms with Crippen LogP contribution in [0, 0.1) is 105 Å². The maximum atomic E-state index is 14.9. The summed E-state index contributed by atoms with van der Waals surface area (Å²) in [5.41, 5.74) is 10.3. The average Bonchev–Trinajstić information content (AvgIpc) is 0.782. The van der Waals surface area contributed by atoms with Gasteiger partial charge in [-0.25, -0.2) is 0 Å². The zero-order valence-corrected chi connectivity index (χ0v) is 67.0. The molecule has 14 nitrogen and oxygen atoms in total. The Morgan fingerprint density at radius 1 is 0.337 bits per heavy atom. The molecule has 516 valence electrons. The van der Waals surface area contributed by atoms with Crippen molar-refractivity contribution in [3.8, 4) is 17.2 Å². The van der Waals surface area contributed by atoms with E-state index in [9.17, 15) is 15.3 Å². The van der Waals surface area contributed by atoms with Crippen molar-refractivity contribution in [3.05, 3.63) is 86.5 Å². The van der Waals surface area contributed by atoms with Crippen molar-refractivity contribution < 1.29 is 136 Å². The van der Waals surface area contributed by atoms with E-state index in [2.05, 4.69) is 71.9 Å². The molecule has 19 rings (SSSR count). The first-order chi connectivity index (χ1) is 44.8. The molecule has 16 fully saturated rings. The predicted octanol–water partition coefficient (Wildman–Crippen LogP) is 3.94. The number of hydrogen-bond acceptors (Lipinski definition) is 12. The van der Waals surface area contributed by atoms with Crippen LogP contribution in [0.1, 0.15) is 166 Å². The summed E-state index contributed by atoms with van der Waals surface area (Å²) in [5, 5.41) is 44.7. The first-order valence-corrected chi connectivity index (χ1v) is 37.5. The summed E-state index contributed by atoms with van der Waals surface area (Å²) in [5.74, 6) is 8.14. The number of nitrogens with zero attached hydrogens (tertiary/aromatic N) is 3. The Hall–Kier alpha value is -0.342. The molecule has 95 heavy (non-hydrogen) atoms. The zero-order chi connectivity index (χ0) is 62.8. The standard InChI is InChI=1S/C60H81N3O3.C18H36N2O6.K.S.U/c1-37-10-49(55(64)52(13-37)58-25-40-16-41(26-58)18-42(17-40)27-58)34-61-4-6-62(35-50-11-38(2)14-53(56(50)65)59-28-43-19-44(29-59)21-45(20-43)30-59)8-9-63(7-5-61)36-51-12-39(3)15-54(57(51)66)60-31-46-22-47(32-60)24-48(23-46)33-60;1-7-21-13-14-24-10-4-20-5-11-25-17-15-22-8-2-19(1)3-9-23-16-18-26-12-6-20;;;/h10-15,40-48,64-66H,4-9,16-36H2,1-3H3;1-18H2;;;/q;;+1;-2;+4/p-1. The predicted molar refractivity (Wildman–Crippen MR) is 361 cm³/mol. The summed E-state index contributed by atoms with van der Waals surface area (Å²) >= 11 is 0. The van der Waals surface area contributed by atoms with E-state index in [0.717, 1.165) is 205 Å². The largest absolute Gasteiger partial charge is 4.00 e. The minimum absolute atomic E-state index is 0. The Morgan fingerprint density at radius 2 is 0.526 bits per heavy atom. The molecule has 14 bridgehead atoms. The first kappa shape index (κ1) is 75.8. The van der Waals surface area contributed by atoms with Gasteiger partial charge in [-0.1, -0.05) is 53.1 Å². The summed E-state index contributed by atoms with van der Waals surface area (Å²) in [6, 6.07) is 13.5. The Balaban J connectivity index is 0.000000270. The Bertz CT molecular complexity index is 2520. The number of fused-ring (bicyclic) bond motifs is 21. The van der Waals surface area contributed by atoms with Crippen LogP contribution >= 0.6 is 0 Å². The summed E-state index contributed by atoms with van der Waals surface area (Å²) in [6.45, 7) is 27.8. The molecule has 4 saturated heterocycles. The quantitative estimate of drug-likeness (QED) is 0.300. The van der Waals surface area contributed by atoms with Gasteiger partial charge in [0, 0.05) is 58.9 Å². The molecule has 3 aromatic carbocycles. The second kappa shape index (κ2) is 34.5. The van der Waals surface area contributed by atoms with Crippen molar-refractivity contribution in [2.45, 2.75) is 172 Å². The summed E-state index contributed by atoms with van der Waals surface area (Å²) in [6.07, 6.45) is 23.3. The van der Waals surface area contributed by atoms with Gasteiger partial charge in [0.1, 0.15) is 39.3 Å². The van der Waals surface area contributed by atoms with E-state index in [1.165, 1.54) is 142 Å². The number of benzene rings is 3. The van der Waals surface area contributed by atoms with Crippen molar-refractivity contribution in [1.29, 1.82) is 0 Å². The van der Waals surface area contributed by atoms with Gasteiger partial charge in [0.05, 0.1) is 79.3 Å². The monoisotopic (exact) mass is 1580 g/mol. The number of ether oxygens (including phenoxy) is 6. The Labute approximate surface area is 644 Å². The van der Waals surface area contributed by atoms with E-state index in [0.29, 0.717) is 76.5 Å². The SMILES string of the molecule is C1COCC[NH+]2CCOCCOCC[NH+](CCO1)CCOCCOCC2.Cc1cc(CN2CCN(Cc3cc(C)cc(C45CC6CC(CC(C6)C4)C5)c3[O-])CCN(Cc3cc(C)cc(C45CC6CC(CC(C6)C4)C5)c3[O-])CC2)c([O-])c(C23CC4CC(CC(C4)C2)C3)c1.[K+].[S-2].[U+4]. The van der Waals surface area contributed by atoms with Gasteiger partial charge in [0.25, 0.3) is 0 Å². The van der Waals surface area contributed by atoms with Crippen LogP contribution in [0.4, 0.5) is 0 Å². The van der Waals surface area contributed by atoms with E-state index in [4.69, 9.17) is 28.4 Å². The van der Waals surface area contributed by atoms with E-state index in [-0.39, 0.29) is 112 Å². The normalized spacial score (nSPS) is 35.7. The van der Waals surface area contributed by atoms with Gasteiger partial charge in [-0.15, -0.1) is 17.2 Å². The fourth-order valence-corrected chi connectivity index (χ4v) is 22.8. The van der Waals surface area contributed by atoms with Gasteiger partial charge in [-0.05, 0) is 239 Å². The van der Waals surface area contributed by atoms with Gasteiger partial charge in [-0.3, -0.25) is 14.7 Å². The molecule has 3 aromatic rings. The van der Waals surface area contributed by atoms with Crippen molar-refractivity contribution in [2.75, 3.05) is 158 Å². The molecule has 2 N–H and O–H groups in total. The van der Waals surface area contributed by atoms with Crippen molar-refractivity contribution in [2.24, 2.45) is 53.3 Å². The Kier molecular flexibility index (Phi) is 27.5. The molecular weight excluding hydrogens is 1460 g/mol. The molecule has 12 aliphatic carbocycles. The summed E-state index contributed by atoms with van der Waals surface area (Å²) in [4.78, 5) is 10.5.